The van der Waals surface area contributed by atoms with E-state index in [2.05, 4.69) is 9.97 Å². The Morgan fingerprint density at radius 3 is 2.92 bits per heavy atom. The molecule has 0 bridgehead atoms. The Morgan fingerprint density at radius 2 is 2.08 bits per heavy atom. The summed E-state index contributed by atoms with van der Waals surface area (Å²) in [6, 6.07) is 5.65. The van der Waals surface area contributed by atoms with Crippen LogP contribution in [0.3, 0.4) is 0 Å². The van der Waals surface area contributed by atoms with Gasteiger partial charge < -0.3 is 5.73 Å². The Labute approximate surface area is 70.3 Å². The molecule has 0 atom stereocenters. The molecule has 0 fully saturated rings. The third-order valence-electron chi connectivity index (χ3n) is 1.78. The molecule has 2 aromatic rings. The predicted molar refractivity (Wildman–Crippen MR) is 48.7 cm³/mol. The molecule has 0 aromatic carbocycles. The van der Waals surface area contributed by atoms with Crippen molar-refractivity contribution in [3.05, 3.63) is 30.1 Å². The third-order valence-corrected chi connectivity index (χ3v) is 1.78. The van der Waals surface area contributed by atoms with Gasteiger partial charge in [0, 0.05) is 23.0 Å². The van der Waals surface area contributed by atoms with E-state index < -0.39 is 0 Å². The van der Waals surface area contributed by atoms with Crippen LogP contribution in [0, 0.1) is 6.92 Å². The van der Waals surface area contributed by atoms with Gasteiger partial charge in [-0.2, -0.15) is 0 Å². The second kappa shape index (κ2) is 2.44. The Balaban J connectivity index is 2.86. The molecule has 0 amide bonds. The lowest BCUT2D eigenvalue weighted by atomic mass is 10.2. The Morgan fingerprint density at radius 1 is 1.25 bits per heavy atom. The zero-order valence-corrected chi connectivity index (χ0v) is 6.78. The van der Waals surface area contributed by atoms with Crippen molar-refractivity contribution in [3.63, 3.8) is 0 Å². The van der Waals surface area contributed by atoms with E-state index in [1.807, 2.05) is 19.1 Å². The molecule has 3 heteroatoms. The van der Waals surface area contributed by atoms with Crippen LogP contribution in [-0.4, -0.2) is 9.97 Å². The van der Waals surface area contributed by atoms with Crippen LogP contribution in [-0.2, 0) is 0 Å². The van der Waals surface area contributed by atoms with Crippen LogP contribution in [0.4, 0.5) is 5.69 Å². The fraction of sp³-hybridized carbons (Fsp3) is 0.111. The molecule has 0 spiro atoms. The number of pyridine rings is 2. The molecular formula is C9H9N3. The van der Waals surface area contributed by atoms with Gasteiger partial charge in [-0.15, -0.1) is 0 Å². The number of rotatable bonds is 0. The van der Waals surface area contributed by atoms with Crippen LogP contribution >= 0.6 is 0 Å². The van der Waals surface area contributed by atoms with Crippen molar-refractivity contribution in [2.24, 2.45) is 0 Å². The number of nitrogen functional groups attached to an aromatic ring is 1. The summed E-state index contributed by atoms with van der Waals surface area (Å²) in [6.45, 7) is 1.93. The van der Waals surface area contributed by atoms with Crippen LogP contribution < -0.4 is 5.73 Å². The van der Waals surface area contributed by atoms with Crippen LogP contribution in [0.2, 0.25) is 0 Å². The van der Waals surface area contributed by atoms with Crippen LogP contribution in [0.25, 0.3) is 11.0 Å². The van der Waals surface area contributed by atoms with E-state index >= 15 is 0 Å². The average Bonchev–Trinajstić information content (AvgIpc) is 2.04. The van der Waals surface area contributed by atoms with Gasteiger partial charge in [0.1, 0.15) is 0 Å². The summed E-state index contributed by atoms with van der Waals surface area (Å²) < 4.78 is 0. The van der Waals surface area contributed by atoms with Gasteiger partial charge in [0.25, 0.3) is 0 Å². The van der Waals surface area contributed by atoms with Crippen molar-refractivity contribution in [1.82, 2.24) is 9.97 Å². The largest absolute Gasteiger partial charge is 0.398 e. The molecule has 0 saturated heterocycles. The van der Waals surface area contributed by atoms with Gasteiger partial charge in [-0.05, 0) is 25.1 Å². The first kappa shape index (κ1) is 7.03. The minimum Gasteiger partial charge on any atom is -0.398 e. The molecular weight excluding hydrogens is 150 g/mol. The van der Waals surface area contributed by atoms with E-state index in [1.165, 1.54) is 0 Å². The summed E-state index contributed by atoms with van der Waals surface area (Å²) in [5.74, 6) is 0. The quantitative estimate of drug-likeness (QED) is 0.634. The fourth-order valence-corrected chi connectivity index (χ4v) is 1.14. The standard InChI is InChI=1S/C9H9N3/c1-6-2-3-7-8(10)4-5-11-9(7)12-6/h2-5H,1H3,(H2,10,11,12). The zero-order valence-electron chi connectivity index (χ0n) is 6.78. The smallest absolute Gasteiger partial charge is 0.161 e. The molecule has 0 saturated carbocycles. The lowest BCUT2D eigenvalue weighted by Gasteiger charge is -1.99. The van der Waals surface area contributed by atoms with E-state index in [4.69, 9.17) is 5.73 Å². The molecule has 2 heterocycles. The number of aryl methyl sites for hydroxylation is 1. The van der Waals surface area contributed by atoms with Crippen molar-refractivity contribution >= 4 is 16.7 Å². The fourth-order valence-electron chi connectivity index (χ4n) is 1.14. The number of nitrogens with zero attached hydrogens (tertiary/aromatic N) is 2. The highest BCUT2D eigenvalue weighted by molar-refractivity contribution is 5.87. The maximum absolute atomic E-state index is 5.73. The van der Waals surface area contributed by atoms with E-state index in [-0.39, 0.29) is 0 Å². The molecule has 2 aromatic heterocycles. The number of hydrogen-bond acceptors (Lipinski definition) is 3. The lowest BCUT2D eigenvalue weighted by Crippen LogP contribution is -1.91. The number of hydrogen-bond donors (Lipinski definition) is 1. The summed E-state index contributed by atoms with van der Waals surface area (Å²) in [6.07, 6.45) is 1.67. The summed E-state index contributed by atoms with van der Waals surface area (Å²) in [4.78, 5) is 8.36. The van der Waals surface area contributed by atoms with Gasteiger partial charge in [0.05, 0.1) is 0 Å². The van der Waals surface area contributed by atoms with Gasteiger partial charge in [0.2, 0.25) is 0 Å². The first-order valence-corrected chi connectivity index (χ1v) is 3.75. The molecule has 0 unspecified atom stereocenters. The second-order valence-corrected chi connectivity index (χ2v) is 2.72. The van der Waals surface area contributed by atoms with E-state index in [0.29, 0.717) is 0 Å². The van der Waals surface area contributed by atoms with Gasteiger partial charge in [-0.1, -0.05) is 0 Å². The van der Waals surface area contributed by atoms with Crippen LogP contribution in [0.5, 0.6) is 0 Å². The van der Waals surface area contributed by atoms with Crippen molar-refractivity contribution in [3.8, 4) is 0 Å². The minimum atomic E-state index is 0.718. The minimum absolute atomic E-state index is 0.718. The SMILES string of the molecule is Cc1ccc2c(N)ccnc2n1. The molecule has 0 aliphatic rings. The first-order valence-electron chi connectivity index (χ1n) is 3.75. The average molecular weight is 159 g/mol. The van der Waals surface area contributed by atoms with Gasteiger partial charge in [-0.3, -0.25) is 0 Å². The summed E-state index contributed by atoms with van der Waals surface area (Å²) in [5, 5.41) is 0.920. The van der Waals surface area contributed by atoms with Crippen molar-refractivity contribution in [2.75, 3.05) is 5.73 Å². The normalized spacial score (nSPS) is 10.4. The van der Waals surface area contributed by atoms with Gasteiger partial charge in [0.15, 0.2) is 5.65 Å². The molecule has 0 aliphatic heterocycles. The van der Waals surface area contributed by atoms with Crippen LogP contribution in [0.15, 0.2) is 24.4 Å². The van der Waals surface area contributed by atoms with Gasteiger partial charge >= 0.3 is 0 Å². The molecule has 3 nitrogen and oxygen atoms in total. The van der Waals surface area contributed by atoms with Crippen molar-refractivity contribution < 1.29 is 0 Å². The van der Waals surface area contributed by atoms with Crippen molar-refractivity contribution in [1.29, 1.82) is 0 Å². The molecule has 2 rings (SSSR count). The third kappa shape index (κ3) is 0.993. The predicted octanol–water partition coefficient (Wildman–Crippen LogP) is 1.52. The summed E-state index contributed by atoms with van der Waals surface area (Å²) >= 11 is 0. The Hall–Kier alpha value is -1.64. The maximum atomic E-state index is 5.73. The highest BCUT2D eigenvalue weighted by Gasteiger charge is 1.98. The molecule has 0 radical (unpaired) electrons. The number of aromatic nitrogens is 2. The Bertz CT molecular complexity index is 423. The maximum Gasteiger partial charge on any atom is 0.161 e. The van der Waals surface area contributed by atoms with E-state index in [1.54, 1.807) is 12.3 Å². The number of fused-ring (bicyclic) bond motifs is 1. The number of anilines is 1. The van der Waals surface area contributed by atoms with Crippen LogP contribution in [0.1, 0.15) is 5.69 Å². The van der Waals surface area contributed by atoms with Gasteiger partial charge in [-0.25, -0.2) is 9.97 Å². The number of nitrogens with two attached hydrogens (primary N) is 1. The lowest BCUT2D eigenvalue weighted by molar-refractivity contribution is 1.20. The molecule has 12 heavy (non-hydrogen) atoms. The molecule has 60 valence electrons. The topological polar surface area (TPSA) is 51.8 Å². The summed E-state index contributed by atoms with van der Waals surface area (Å²) in [5.41, 5.74) is 8.13. The Kier molecular flexibility index (Phi) is 1.43. The summed E-state index contributed by atoms with van der Waals surface area (Å²) in [7, 11) is 0. The second-order valence-electron chi connectivity index (χ2n) is 2.72. The molecule has 2 N–H and O–H groups in total. The zero-order chi connectivity index (χ0) is 8.55. The van der Waals surface area contributed by atoms with Crippen molar-refractivity contribution in [2.45, 2.75) is 6.92 Å². The van der Waals surface area contributed by atoms with E-state index in [0.717, 1.165) is 22.4 Å². The van der Waals surface area contributed by atoms with E-state index in [9.17, 15) is 0 Å². The first-order chi connectivity index (χ1) is 5.77. The molecule has 0 aliphatic carbocycles. The monoisotopic (exact) mass is 159 g/mol. The highest BCUT2D eigenvalue weighted by Crippen LogP contribution is 2.16. The highest BCUT2D eigenvalue weighted by atomic mass is 14.8.